The number of hydrogen-bond acceptors (Lipinski definition) is 5. The van der Waals surface area contributed by atoms with Gasteiger partial charge < -0.3 is 14.8 Å². The Kier molecular flexibility index (Phi) is 7.82. The van der Waals surface area contributed by atoms with Crippen LogP contribution in [0.5, 0.6) is 0 Å². The molecule has 0 fully saturated rings. The molecule has 0 aromatic heterocycles. The molecule has 1 aromatic carbocycles. The molecule has 0 spiro atoms. The zero-order chi connectivity index (χ0) is 15.7. The summed E-state index contributed by atoms with van der Waals surface area (Å²) >= 11 is 3.36. The van der Waals surface area contributed by atoms with E-state index in [0.29, 0.717) is 13.0 Å². The summed E-state index contributed by atoms with van der Waals surface area (Å²) in [5.74, 6) is -1.95. The van der Waals surface area contributed by atoms with Crippen molar-refractivity contribution in [3.8, 4) is 0 Å². The number of hydrogen-bond donors (Lipinski definition) is 1. The average molecular weight is 358 g/mol. The summed E-state index contributed by atoms with van der Waals surface area (Å²) in [6.45, 7) is 4.38. The Morgan fingerprint density at radius 1 is 1.10 bits per heavy atom. The predicted molar refractivity (Wildman–Crippen MR) is 84.0 cm³/mol. The Morgan fingerprint density at radius 3 is 2.10 bits per heavy atom. The maximum Gasteiger partial charge on any atom is 0.320 e. The van der Waals surface area contributed by atoms with Crippen molar-refractivity contribution >= 4 is 33.6 Å². The van der Waals surface area contributed by atoms with Crippen molar-refractivity contribution in [1.29, 1.82) is 0 Å². The molecular weight excluding hydrogens is 338 g/mol. The fourth-order valence-corrected chi connectivity index (χ4v) is 2.01. The van der Waals surface area contributed by atoms with Crippen molar-refractivity contribution in [2.75, 3.05) is 25.1 Å². The van der Waals surface area contributed by atoms with E-state index in [0.717, 1.165) is 10.2 Å². The molecule has 0 bridgehead atoms. The van der Waals surface area contributed by atoms with Crippen LogP contribution in [-0.4, -0.2) is 31.7 Å². The van der Waals surface area contributed by atoms with Gasteiger partial charge in [-0.1, -0.05) is 15.9 Å². The predicted octanol–water partition coefficient (Wildman–Crippen LogP) is 2.99. The Balaban J connectivity index is 2.54. The fourth-order valence-electron chi connectivity index (χ4n) is 1.75. The molecule has 0 aliphatic rings. The maximum atomic E-state index is 11.8. The van der Waals surface area contributed by atoms with Crippen LogP contribution < -0.4 is 5.32 Å². The minimum Gasteiger partial charge on any atom is -0.465 e. The van der Waals surface area contributed by atoms with E-state index >= 15 is 0 Å². The standard InChI is InChI=1S/C15H20BrNO4/c1-3-20-14(18)13(15(19)21-4-2)9-10-17-12-7-5-11(16)6-8-12/h5-8,13,17H,3-4,9-10H2,1-2H3. The van der Waals surface area contributed by atoms with Gasteiger partial charge in [0.2, 0.25) is 0 Å². The minimum absolute atomic E-state index is 0.245. The Morgan fingerprint density at radius 2 is 1.62 bits per heavy atom. The largest absolute Gasteiger partial charge is 0.465 e. The highest BCUT2D eigenvalue weighted by atomic mass is 79.9. The molecule has 0 atom stereocenters. The number of carbonyl (C=O) groups is 2. The van der Waals surface area contributed by atoms with Crippen LogP contribution in [0.1, 0.15) is 20.3 Å². The van der Waals surface area contributed by atoms with Gasteiger partial charge in [0.25, 0.3) is 0 Å². The summed E-state index contributed by atoms with van der Waals surface area (Å²) in [5.41, 5.74) is 0.921. The van der Waals surface area contributed by atoms with Gasteiger partial charge >= 0.3 is 11.9 Å². The van der Waals surface area contributed by atoms with Gasteiger partial charge in [-0.2, -0.15) is 0 Å². The third kappa shape index (κ3) is 6.16. The molecule has 21 heavy (non-hydrogen) atoms. The molecular formula is C15H20BrNO4. The number of nitrogens with one attached hydrogen (secondary N) is 1. The van der Waals surface area contributed by atoms with E-state index in [4.69, 9.17) is 9.47 Å². The van der Waals surface area contributed by atoms with Gasteiger partial charge in [0, 0.05) is 16.7 Å². The number of esters is 2. The summed E-state index contributed by atoms with van der Waals surface area (Å²) in [4.78, 5) is 23.6. The van der Waals surface area contributed by atoms with Crippen LogP contribution in [0, 0.1) is 5.92 Å². The second-order valence-corrected chi connectivity index (χ2v) is 5.19. The number of ether oxygens (including phenoxy) is 2. The van der Waals surface area contributed by atoms with Crippen LogP contribution in [0.3, 0.4) is 0 Å². The van der Waals surface area contributed by atoms with E-state index in [1.165, 1.54) is 0 Å². The molecule has 0 unspecified atom stereocenters. The van der Waals surface area contributed by atoms with Gasteiger partial charge in [-0.15, -0.1) is 0 Å². The molecule has 1 aromatic rings. The topological polar surface area (TPSA) is 64.6 Å². The van der Waals surface area contributed by atoms with Crippen LogP contribution in [0.25, 0.3) is 0 Å². The third-order valence-corrected chi connectivity index (χ3v) is 3.28. The molecule has 5 nitrogen and oxygen atoms in total. The molecule has 0 amide bonds. The molecule has 0 aliphatic heterocycles. The normalized spacial score (nSPS) is 10.3. The summed E-state index contributed by atoms with van der Waals surface area (Å²) in [6, 6.07) is 7.65. The van der Waals surface area contributed by atoms with E-state index < -0.39 is 17.9 Å². The molecule has 1 N–H and O–H groups in total. The van der Waals surface area contributed by atoms with Crippen LogP contribution in [0.15, 0.2) is 28.7 Å². The highest BCUT2D eigenvalue weighted by molar-refractivity contribution is 9.10. The Labute approximate surface area is 133 Å². The average Bonchev–Trinajstić information content (AvgIpc) is 2.46. The first-order chi connectivity index (χ1) is 10.1. The SMILES string of the molecule is CCOC(=O)C(CCNc1ccc(Br)cc1)C(=O)OCC. The van der Waals surface area contributed by atoms with Crippen molar-refractivity contribution in [2.24, 2.45) is 5.92 Å². The zero-order valence-electron chi connectivity index (χ0n) is 12.2. The van der Waals surface area contributed by atoms with Crippen LogP contribution >= 0.6 is 15.9 Å². The van der Waals surface area contributed by atoms with Crippen LogP contribution in [0.4, 0.5) is 5.69 Å². The van der Waals surface area contributed by atoms with Gasteiger partial charge in [-0.25, -0.2) is 0 Å². The molecule has 116 valence electrons. The van der Waals surface area contributed by atoms with Crippen molar-refractivity contribution in [1.82, 2.24) is 0 Å². The summed E-state index contributed by atoms with van der Waals surface area (Å²) in [7, 11) is 0. The number of rotatable bonds is 8. The lowest BCUT2D eigenvalue weighted by atomic mass is 10.1. The lowest BCUT2D eigenvalue weighted by molar-refractivity contribution is -0.161. The molecule has 0 radical (unpaired) electrons. The van der Waals surface area contributed by atoms with Gasteiger partial charge in [-0.05, 0) is 44.5 Å². The Hall–Kier alpha value is -1.56. The first-order valence-electron chi connectivity index (χ1n) is 6.91. The van der Waals surface area contributed by atoms with Crippen molar-refractivity contribution < 1.29 is 19.1 Å². The third-order valence-electron chi connectivity index (χ3n) is 2.75. The summed E-state index contributed by atoms with van der Waals surface area (Å²) < 4.78 is 10.8. The lowest BCUT2D eigenvalue weighted by Crippen LogP contribution is -2.30. The molecule has 1 rings (SSSR count). The molecule has 0 heterocycles. The van der Waals surface area contributed by atoms with Crippen molar-refractivity contribution in [3.63, 3.8) is 0 Å². The maximum absolute atomic E-state index is 11.8. The highest BCUT2D eigenvalue weighted by Crippen LogP contribution is 2.15. The van der Waals surface area contributed by atoms with Crippen LogP contribution in [-0.2, 0) is 19.1 Å². The van der Waals surface area contributed by atoms with Gasteiger partial charge in [0.1, 0.15) is 0 Å². The van der Waals surface area contributed by atoms with E-state index in [-0.39, 0.29) is 13.2 Å². The first-order valence-corrected chi connectivity index (χ1v) is 7.70. The fraction of sp³-hybridized carbons (Fsp3) is 0.467. The van der Waals surface area contributed by atoms with E-state index in [1.807, 2.05) is 24.3 Å². The monoisotopic (exact) mass is 357 g/mol. The van der Waals surface area contributed by atoms with Crippen LogP contribution in [0.2, 0.25) is 0 Å². The van der Waals surface area contributed by atoms with Crippen molar-refractivity contribution in [3.05, 3.63) is 28.7 Å². The number of anilines is 1. The second kappa shape index (κ2) is 9.39. The summed E-state index contributed by atoms with van der Waals surface area (Å²) in [6.07, 6.45) is 0.327. The van der Waals surface area contributed by atoms with Gasteiger partial charge in [0.15, 0.2) is 5.92 Å². The van der Waals surface area contributed by atoms with E-state index in [1.54, 1.807) is 13.8 Å². The smallest absolute Gasteiger partial charge is 0.320 e. The second-order valence-electron chi connectivity index (χ2n) is 4.28. The first kappa shape index (κ1) is 17.5. The van der Waals surface area contributed by atoms with Gasteiger partial charge in [-0.3, -0.25) is 9.59 Å². The molecule has 6 heteroatoms. The summed E-state index contributed by atoms with van der Waals surface area (Å²) in [5, 5.41) is 3.16. The highest BCUT2D eigenvalue weighted by Gasteiger charge is 2.28. The van der Waals surface area contributed by atoms with E-state index in [9.17, 15) is 9.59 Å². The van der Waals surface area contributed by atoms with Crippen molar-refractivity contribution in [2.45, 2.75) is 20.3 Å². The zero-order valence-corrected chi connectivity index (χ0v) is 13.8. The molecule has 0 aliphatic carbocycles. The molecule has 0 saturated carbocycles. The lowest BCUT2D eigenvalue weighted by Gasteiger charge is -2.15. The number of carbonyl (C=O) groups excluding carboxylic acids is 2. The van der Waals surface area contributed by atoms with Gasteiger partial charge in [0.05, 0.1) is 13.2 Å². The quantitative estimate of drug-likeness (QED) is 0.572. The number of benzene rings is 1. The molecule has 0 saturated heterocycles. The number of halogens is 1. The Bertz CT molecular complexity index is 443. The minimum atomic E-state index is -0.882. The van der Waals surface area contributed by atoms with E-state index in [2.05, 4.69) is 21.2 Å².